The van der Waals surface area contributed by atoms with E-state index in [1.807, 2.05) is 6.07 Å². The van der Waals surface area contributed by atoms with E-state index in [1.54, 1.807) is 18.6 Å². The van der Waals surface area contributed by atoms with Crippen molar-refractivity contribution in [2.45, 2.75) is 13.5 Å². The van der Waals surface area contributed by atoms with Crippen LogP contribution in [0.5, 0.6) is 0 Å². The SMILES string of the molecule is Cc1ccc(CNc2nncc(N3CCN(c4ncccn4)CC3)n2)cc1. The number of piperazine rings is 1. The minimum Gasteiger partial charge on any atom is -0.352 e. The van der Waals surface area contributed by atoms with Crippen molar-refractivity contribution < 1.29 is 0 Å². The number of hydrogen-bond donors (Lipinski definition) is 1. The van der Waals surface area contributed by atoms with E-state index in [1.165, 1.54) is 11.1 Å². The summed E-state index contributed by atoms with van der Waals surface area (Å²) in [5.41, 5.74) is 2.43. The molecule has 138 valence electrons. The van der Waals surface area contributed by atoms with Gasteiger partial charge in [0.05, 0.1) is 6.20 Å². The van der Waals surface area contributed by atoms with Crippen LogP contribution in [0, 0.1) is 6.92 Å². The Morgan fingerprint density at radius 3 is 2.41 bits per heavy atom. The highest BCUT2D eigenvalue weighted by molar-refractivity contribution is 5.43. The molecule has 1 fully saturated rings. The van der Waals surface area contributed by atoms with Crippen molar-refractivity contribution in [3.8, 4) is 0 Å². The molecule has 3 heterocycles. The van der Waals surface area contributed by atoms with Gasteiger partial charge in [-0.1, -0.05) is 29.8 Å². The predicted molar refractivity (Wildman–Crippen MR) is 105 cm³/mol. The smallest absolute Gasteiger partial charge is 0.244 e. The van der Waals surface area contributed by atoms with Crippen LogP contribution in [0.3, 0.4) is 0 Å². The fourth-order valence-electron chi connectivity index (χ4n) is 3.00. The van der Waals surface area contributed by atoms with Gasteiger partial charge in [-0.3, -0.25) is 0 Å². The van der Waals surface area contributed by atoms with E-state index in [-0.39, 0.29) is 0 Å². The highest BCUT2D eigenvalue weighted by Crippen LogP contribution is 2.16. The molecular formula is C19H22N8. The van der Waals surface area contributed by atoms with Gasteiger partial charge >= 0.3 is 0 Å². The first-order valence-electron chi connectivity index (χ1n) is 9.04. The Balaban J connectivity index is 1.36. The molecule has 0 radical (unpaired) electrons. The number of hydrogen-bond acceptors (Lipinski definition) is 8. The summed E-state index contributed by atoms with van der Waals surface area (Å²) in [5, 5.41) is 11.5. The molecule has 1 aromatic carbocycles. The van der Waals surface area contributed by atoms with Crippen LogP contribution < -0.4 is 15.1 Å². The number of aryl methyl sites for hydroxylation is 1. The van der Waals surface area contributed by atoms with Gasteiger partial charge in [0, 0.05) is 45.1 Å². The molecule has 4 rings (SSSR count). The van der Waals surface area contributed by atoms with Gasteiger partial charge in [-0.15, -0.1) is 5.10 Å². The van der Waals surface area contributed by atoms with Crippen molar-refractivity contribution in [1.82, 2.24) is 25.1 Å². The molecule has 1 N–H and O–H groups in total. The Kier molecular flexibility index (Phi) is 5.04. The van der Waals surface area contributed by atoms with Crippen molar-refractivity contribution in [2.75, 3.05) is 41.3 Å². The van der Waals surface area contributed by atoms with Crippen LogP contribution in [0.1, 0.15) is 11.1 Å². The summed E-state index contributed by atoms with van der Waals surface area (Å²) in [5.74, 6) is 2.16. The molecule has 0 atom stereocenters. The molecule has 27 heavy (non-hydrogen) atoms. The molecule has 3 aromatic rings. The lowest BCUT2D eigenvalue weighted by atomic mass is 10.1. The van der Waals surface area contributed by atoms with E-state index in [0.717, 1.165) is 37.9 Å². The monoisotopic (exact) mass is 362 g/mol. The zero-order chi connectivity index (χ0) is 18.5. The minimum atomic E-state index is 0.543. The number of nitrogens with one attached hydrogen (secondary N) is 1. The van der Waals surface area contributed by atoms with Crippen LogP contribution in [0.2, 0.25) is 0 Å². The van der Waals surface area contributed by atoms with Crippen LogP contribution in [0.25, 0.3) is 0 Å². The number of aromatic nitrogens is 5. The van der Waals surface area contributed by atoms with E-state index in [0.29, 0.717) is 12.5 Å². The Bertz CT molecular complexity index is 860. The molecule has 1 saturated heterocycles. The van der Waals surface area contributed by atoms with Crippen LogP contribution in [-0.4, -0.2) is 51.3 Å². The summed E-state index contributed by atoms with van der Waals surface area (Å²) in [7, 11) is 0. The topological polar surface area (TPSA) is 83.0 Å². The van der Waals surface area contributed by atoms with E-state index in [9.17, 15) is 0 Å². The summed E-state index contributed by atoms with van der Waals surface area (Å²) < 4.78 is 0. The van der Waals surface area contributed by atoms with Gasteiger partial charge < -0.3 is 15.1 Å². The zero-order valence-electron chi connectivity index (χ0n) is 15.3. The van der Waals surface area contributed by atoms with Crippen LogP contribution in [0.15, 0.2) is 48.9 Å². The van der Waals surface area contributed by atoms with Crippen LogP contribution >= 0.6 is 0 Å². The molecule has 0 saturated carbocycles. The van der Waals surface area contributed by atoms with E-state index in [4.69, 9.17) is 0 Å². The summed E-state index contributed by atoms with van der Waals surface area (Å²) in [4.78, 5) is 17.7. The third-order valence-electron chi connectivity index (χ3n) is 4.56. The summed E-state index contributed by atoms with van der Waals surface area (Å²) in [6.45, 7) is 6.13. The Labute approximate surface area is 158 Å². The Morgan fingerprint density at radius 1 is 0.963 bits per heavy atom. The first kappa shape index (κ1) is 17.1. The minimum absolute atomic E-state index is 0.543. The zero-order valence-corrected chi connectivity index (χ0v) is 15.3. The molecular weight excluding hydrogens is 340 g/mol. The quantitative estimate of drug-likeness (QED) is 0.737. The van der Waals surface area contributed by atoms with Gasteiger partial charge in [0.1, 0.15) is 0 Å². The highest BCUT2D eigenvalue weighted by atomic mass is 15.4. The summed E-state index contributed by atoms with van der Waals surface area (Å²) >= 11 is 0. The molecule has 1 aliphatic rings. The third kappa shape index (κ3) is 4.28. The average molecular weight is 362 g/mol. The molecule has 0 unspecified atom stereocenters. The molecule has 2 aromatic heterocycles. The van der Waals surface area contributed by atoms with E-state index < -0.39 is 0 Å². The average Bonchev–Trinajstić information content (AvgIpc) is 2.74. The largest absolute Gasteiger partial charge is 0.352 e. The van der Waals surface area contributed by atoms with E-state index in [2.05, 4.69) is 71.5 Å². The van der Waals surface area contributed by atoms with Crippen LogP contribution in [0.4, 0.5) is 17.7 Å². The van der Waals surface area contributed by atoms with Crippen molar-refractivity contribution in [3.05, 3.63) is 60.0 Å². The van der Waals surface area contributed by atoms with Crippen molar-refractivity contribution >= 4 is 17.7 Å². The predicted octanol–water partition coefficient (Wildman–Crippen LogP) is 1.91. The normalized spacial score (nSPS) is 14.3. The molecule has 1 aliphatic heterocycles. The maximum atomic E-state index is 4.62. The molecule has 0 bridgehead atoms. The lowest BCUT2D eigenvalue weighted by Crippen LogP contribution is -2.47. The van der Waals surface area contributed by atoms with Crippen molar-refractivity contribution in [2.24, 2.45) is 0 Å². The fraction of sp³-hybridized carbons (Fsp3) is 0.316. The van der Waals surface area contributed by atoms with Crippen molar-refractivity contribution in [3.63, 3.8) is 0 Å². The second-order valence-corrected chi connectivity index (χ2v) is 6.50. The maximum Gasteiger partial charge on any atom is 0.244 e. The lowest BCUT2D eigenvalue weighted by Gasteiger charge is -2.35. The fourth-order valence-corrected chi connectivity index (χ4v) is 3.00. The second-order valence-electron chi connectivity index (χ2n) is 6.50. The first-order valence-corrected chi connectivity index (χ1v) is 9.04. The molecule has 0 spiro atoms. The Hall–Kier alpha value is -3.29. The van der Waals surface area contributed by atoms with Gasteiger partial charge in [-0.2, -0.15) is 10.1 Å². The maximum absolute atomic E-state index is 4.62. The molecule has 8 heteroatoms. The standard InChI is InChI=1S/C19H22N8/c1-15-3-5-16(6-4-15)13-22-18-24-17(14-23-25-18)26-9-11-27(12-10-26)19-20-7-2-8-21-19/h2-8,14H,9-13H2,1H3,(H,22,24,25). The number of benzene rings is 1. The van der Waals surface area contributed by atoms with Gasteiger partial charge in [0.2, 0.25) is 11.9 Å². The van der Waals surface area contributed by atoms with Gasteiger partial charge in [0.25, 0.3) is 0 Å². The molecule has 0 amide bonds. The summed E-state index contributed by atoms with van der Waals surface area (Å²) in [6, 6.07) is 10.2. The van der Waals surface area contributed by atoms with Gasteiger partial charge in [-0.05, 0) is 18.6 Å². The van der Waals surface area contributed by atoms with Crippen LogP contribution in [-0.2, 0) is 6.54 Å². The highest BCUT2D eigenvalue weighted by Gasteiger charge is 2.20. The molecule has 8 nitrogen and oxygen atoms in total. The first-order chi connectivity index (χ1) is 13.3. The van der Waals surface area contributed by atoms with E-state index >= 15 is 0 Å². The Morgan fingerprint density at radius 2 is 1.67 bits per heavy atom. The second kappa shape index (κ2) is 7.94. The molecule has 0 aliphatic carbocycles. The van der Waals surface area contributed by atoms with Gasteiger partial charge in [-0.25, -0.2) is 9.97 Å². The van der Waals surface area contributed by atoms with Gasteiger partial charge in [0.15, 0.2) is 5.82 Å². The number of nitrogens with zero attached hydrogens (tertiary/aromatic N) is 7. The number of anilines is 3. The number of rotatable bonds is 5. The lowest BCUT2D eigenvalue weighted by molar-refractivity contribution is 0.632. The summed E-state index contributed by atoms with van der Waals surface area (Å²) in [6.07, 6.45) is 5.26. The third-order valence-corrected chi connectivity index (χ3v) is 4.56. The van der Waals surface area contributed by atoms with Crippen molar-refractivity contribution in [1.29, 1.82) is 0 Å².